The maximum absolute atomic E-state index is 11.7. The Balaban J connectivity index is 1.61. The Labute approximate surface area is 104 Å². The van der Waals surface area contributed by atoms with Gasteiger partial charge >= 0.3 is 0 Å². The fourth-order valence-corrected chi connectivity index (χ4v) is 2.77. The lowest BCUT2D eigenvalue weighted by Gasteiger charge is -2.15. The maximum Gasteiger partial charge on any atom is 0.220 e. The molecule has 0 bridgehead atoms. The summed E-state index contributed by atoms with van der Waals surface area (Å²) in [6.07, 6.45) is 10.2. The highest BCUT2D eigenvalue weighted by atomic mass is 16.3. The first-order chi connectivity index (χ1) is 8.25. The van der Waals surface area contributed by atoms with Gasteiger partial charge in [-0.05, 0) is 37.5 Å². The van der Waals surface area contributed by atoms with Crippen molar-refractivity contribution in [3.05, 3.63) is 0 Å². The topological polar surface area (TPSA) is 49.3 Å². The Morgan fingerprint density at radius 1 is 1.12 bits per heavy atom. The van der Waals surface area contributed by atoms with Crippen molar-refractivity contribution in [2.75, 3.05) is 6.54 Å². The van der Waals surface area contributed by atoms with E-state index in [1.54, 1.807) is 0 Å². The predicted octanol–water partition coefficient (Wildman–Crippen LogP) is 2.23. The third-order valence-electron chi connectivity index (χ3n) is 4.12. The number of carbonyl (C=O) groups is 1. The van der Waals surface area contributed by atoms with Crippen molar-refractivity contribution in [2.24, 2.45) is 11.8 Å². The van der Waals surface area contributed by atoms with Gasteiger partial charge in [0, 0.05) is 13.0 Å². The second kappa shape index (κ2) is 6.39. The van der Waals surface area contributed by atoms with Crippen molar-refractivity contribution in [1.29, 1.82) is 0 Å². The number of carbonyl (C=O) groups excluding carboxylic acids is 1. The minimum Gasteiger partial charge on any atom is -0.391 e. The van der Waals surface area contributed by atoms with E-state index >= 15 is 0 Å². The molecular weight excluding hydrogens is 214 g/mol. The molecule has 1 unspecified atom stereocenters. The monoisotopic (exact) mass is 239 g/mol. The van der Waals surface area contributed by atoms with E-state index in [0.29, 0.717) is 24.8 Å². The van der Waals surface area contributed by atoms with Crippen LogP contribution in [-0.2, 0) is 4.79 Å². The number of hydrogen-bond acceptors (Lipinski definition) is 2. The molecule has 2 fully saturated rings. The zero-order chi connectivity index (χ0) is 12.1. The molecule has 0 aromatic carbocycles. The van der Waals surface area contributed by atoms with E-state index in [2.05, 4.69) is 5.32 Å². The molecule has 0 heterocycles. The van der Waals surface area contributed by atoms with E-state index in [9.17, 15) is 9.90 Å². The van der Waals surface area contributed by atoms with E-state index in [-0.39, 0.29) is 12.0 Å². The third-order valence-corrected chi connectivity index (χ3v) is 4.12. The molecule has 2 aliphatic carbocycles. The van der Waals surface area contributed by atoms with Crippen LogP contribution in [0.15, 0.2) is 0 Å². The van der Waals surface area contributed by atoms with Crippen molar-refractivity contribution >= 4 is 5.91 Å². The fourth-order valence-electron chi connectivity index (χ4n) is 2.77. The molecule has 0 radical (unpaired) electrons. The number of aliphatic hydroxyl groups excluding tert-OH is 1. The SMILES string of the molecule is O=C(CC1CCCCCC1)NCC(O)C1CC1. The van der Waals surface area contributed by atoms with Gasteiger partial charge in [0.15, 0.2) is 0 Å². The maximum atomic E-state index is 11.7. The van der Waals surface area contributed by atoms with E-state index in [4.69, 9.17) is 0 Å². The Morgan fingerprint density at radius 3 is 2.35 bits per heavy atom. The average molecular weight is 239 g/mol. The van der Waals surface area contributed by atoms with Gasteiger partial charge in [0.25, 0.3) is 0 Å². The van der Waals surface area contributed by atoms with Crippen molar-refractivity contribution in [3.63, 3.8) is 0 Å². The summed E-state index contributed by atoms with van der Waals surface area (Å²) >= 11 is 0. The second-order valence-corrected chi connectivity index (χ2v) is 5.77. The average Bonchev–Trinajstić information content (AvgIpc) is 3.13. The quantitative estimate of drug-likeness (QED) is 0.723. The molecule has 98 valence electrons. The summed E-state index contributed by atoms with van der Waals surface area (Å²) in [6, 6.07) is 0. The zero-order valence-electron chi connectivity index (χ0n) is 10.7. The van der Waals surface area contributed by atoms with E-state index in [1.165, 1.54) is 38.5 Å². The smallest absolute Gasteiger partial charge is 0.220 e. The Bertz CT molecular complexity index is 243. The minimum absolute atomic E-state index is 0.136. The van der Waals surface area contributed by atoms with Gasteiger partial charge in [0.1, 0.15) is 0 Å². The summed E-state index contributed by atoms with van der Waals surface area (Å²) < 4.78 is 0. The molecule has 2 saturated carbocycles. The highest BCUT2D eigenvalue weighted by Gasteiger charge is 2.29. The van der Waals surface area contributed by atoms with Crippen molar-refractivity contribution in [2.45, 2.75) is 63.9 Å². The number of rotatable bonds is 5. The fraction of sp³-hybridized carbons (Fsp3) is 0.929. The van der Waals surface area contributed by atoms with E-state index in [0.717, 1.165) is 12.8 Å². The molecule has 2 rings (SSSR count). The molecule has 0 aliphatic heterocycles. The zero-order valence-corrected chi connectivity index (χ0v) is 10.7. The summed E-state index contributed by atoms with van der Waals surface area (Å²) in [4.78, 5) is 11.7. The van der Waals surface area contributed by atoms with Crippen molar-refractivity contribution < 1.29 is 9.90 Å². The molecular formula is C14H25NO2. The van der Waals surface area contributed by atoms with Crippen LogP contribution in [0.1, 0.15) is 57.8 Å². The Kier molecular flexibility index (Phi) is 4.84. The molecule has 2 N–H and O–H groups in total. The second-order valence-electron chi connectivity index (χ2n) is 5.77. The van der Waals surface area contributed by atoms with Gasteiger partial charge in [0.05, 0.1) is 6.10 Å². The summed E-state index contributed by atoms with van der Waals surface area (Å²) in [5.74, 6) is 1.17. The highest BCUT2D eigenvalue weighted by Crippen LogP contribution is 2.32. The minimum atomic E-state index is -0.312. The normalized spacial score (nSPS) is 24.1. The molecule has 1 atom stereocenters. The van der Waals surface area contributed by atoms with Gasteiger partial charge in [0.2, 0.25) is 5.91 Å². The van der Waals surface area contributed by atoms with Crippen LogP contribution in [-0.4, -0.2) is 23.7 Å². The number of aliphatic hydroxyl groups is 1. The lowest BCUT2D eigenvalue weighted by molar-refractivity contribution is -0.122. The van der Waals surface area contributed by atoms with Crippen LogP contribution in [0.25, 0.3) is 0 Å². The molecule has 0 aromatic rings. The number of nitrogens with one attached hydrogen (secondary N) is 1. The van der Waals surface area contributed by atoms with Crippen molar-refractivity contribution in [1.82, 2.24) is 5.32 Å². The summed E-state index contributed by atoms with van der Waals surface area (Å²) in [6.45, 7) is 0.455. The molecule has 0 spiro atoms. The molecule has 0 aromatic heterocycles. The van der Waals surface area contributed by atoms with E-state index in [1.807, 2.05) is 0 Å². The molecule has 3 nitrogen and oxygen atoms in total. The van der Waals surface area contributed by atoms with Crippen molar-refractivity contribution in [3.8, 4) is 0 Å². The predicted molar refractivity (Wildman–Crippen MR) is 67.5 cm³/mol. The van der Waals surface area contributed by atoms with Crippen LogP contribution < -0.4 is 5.32 Å². The largest absolute Gasteiger partial charge is 0.391 e. The Hall–Kier alpha value is -0.570. The first kappa shape index (κ1) is 12.9. The van der Waals surface area contributed by atoms with Crippen LogP contribution in [0.3, 0.4) is 0 Å². The summed E-state index contributed by atoms with van der Waals surface area (Å²) in [7, 11) is 0. The third kappa shape index (κ3) is 4.66. The molecule has 0 saturated heterocycles. The molecule has 3 heteroatoms. The standard InChI is InChI=1S/C14H25NO2/c16-13(12-7-8-12)10-15-14(17)9-11-5-3-1-2-4-6-11/h11-13,16H,1-10H2,(H,15,17). The van der Waals surface area contributed by atoms with Crippen LogP contribution in [0.5, 0.6) is 0 Å². The van der Waals surface area contributed by atoms with Gasteiger partial charge in [-0.2, -0.15) is 0 Å². The number of hydrogen-bond donors (Lipinski definition) is 2. The van der Waals surface area contributed by atoms with Gasteiger partial charge < -0.3 is 10.4 Å². The summed E-state index contributed by atoms with van der Waals surface area (Å²) in [5.41, 5.74) is 0. The lowest BCUT2D eigenvalue weighted by atomic mass is 9.96. The highest BCUT2D eigenvalue weighted by molar-refractivity contribution is 5.76. The van der Waals surface area contributed by atoms with E-state index < -0.39 is 0 Å². The van der Waals surface area contributed by atoms with Crippen LogP contribution in [0.2, 0.25) is 0 Å². The van der Waals surface area contributed by atoms with Gasteiger partial charge in [-0.3, -0.25) is 4.79 Å². The first-order valence-electron chi connectivity index (χ1n) is 7.20. The lowest BCUT2D eigenvalue weighted by Crippen LogP contribution is -2.34. The molecule has 2 aliphatic rings. The first-order valence-corrected chi connectivity index (χ1v) is 7.20. The van der Waals surface area contributed by atoms with Gasteiger partial charge in [-0.15, -0.1) is 0 Å². The summed E-state index contributed by atoms with van der Waals surface area (Å²) in [5, 5.41) is 12.6. The van der Waals surface area contributed by atoms with Gasteiger partial charge in [-0.1, -0.05) is 25.7 Å². The number of amides is 1. The van der Waals surface area contributed by atoms with Crippen LogP contribution >= 0.6 is 0 Å². The van der Waals surface area contributed by atoms with Crippen LogP contribution in [0, 0.1) is 11.8 Å². The van der Waals surface area contributed by atoms with Crippen LogP contribution in [0.4, 0.5) is 0 Å². The molecule has 17 heavy (non-hydrogen) atoms. The van der Waals surface area contributed by atoms with Gasteiger partial charge in [-0.25, -0.2) is 0 Å². The Morgan fingerprint density at radius 2 is 1.76 bits per heavy atom. The molecule has 1 amide bonds.